The van der Waals surface area contributed by atoms with Gasteiger partial charge >= 0.3 is 5.97 Å². The van der Waals surface area contributed by atoms with Gasteiger partial charge in [0.15, 0.2) is 6.61 Å². The highest BCUT2D eigenvalue weighted by molar-refractivity contribution is 7.89. The second kappa shape index (κ2) is 11.6. The zero-order valence-electron chi connectivity index (χ0n) is 22.2. The maximum atomic E-state index is 13.7. The first-order valence-corrected chi connectivity index (χ1v) is 14.7. The normalized spacial score (nSPS) is 16.9. The van der Waals surface area contributed by atoms with Crippen LogP contribution in [0.2, 0.25) is 0 Å². The lowest BCUT2D eigenvalue weighted by molar-refractivity contribution is -0.148. The van der Waals surface area contributed by atoms with E-state index in [0.717, 1.165) is 35.2 Å². The van der Waals surface area contributed by atoms with Crippen LogP contribution >= 0.6 is 0 Å². The fourth-order valence-corrected chi connectivity index (χ4v) is 7.01. The van der Waals surface area contributed by atoms with Crippen LogP contribution < -0.4 is 10.2 Å². The summed E-state index contributed by atoms with van der Waals surface area (Å²) in [6.07, 6.45) is 1.98. The van der Waals surface area contributed by atoms with Gasteiger partial charge in [0.05, 0.1) is 17.4 Å². The van der Waals surface area contributed by atoms with Crippen LogP contribution in [-0.2, 0) is 42.0 Å². The van der Waals surface area contributed by atoms with Gasteiger partial charge in [-0.25, -0.2) is 8.42 Å². The summed E-state index contributed by atoms with van der Waals surface area (Å²) >= 11 is 0. The van der Waals surface area contributed by atoms with Crippen LogP contribution in [0.25, 0.3) is 0 Å². The average Bonchev–Trinajstić information content (AvgIpc) is 2.95. The Labute approximate surface area is 233 Å². The Hall–Kier alpha value is -4.02. The molecule has 0 aromatic heterocycles. The molecule has 2 aliphatic heterocycles. The highest BCUT2D eigenvalue weighted by atomic mass is 32.2. The molecule has 5 rings (SSSR count). The summed E-state index contributed by atoms with van der Waals surface area (Å²) in [5.74, 6) is -1.22. The first-order chi connectivity index (χ1) is 19.2. The zero-order valence-corrected chi connectivity index (χ0v) is 23.0. The van der Waals surface area contributed by atoms with Gasteiger partial charge < -0.3 is 15.0 Å². The molecule has 0 saturated heterocycles. The Bertz CT molecular complexity index is 1540. The molecule has 0 aliphatic carbocycles. The summed E-state index contributed by atoms with van der Waals surface area (Å²) in [5.41, 5.74) is 4.10. The molecule has 2 amide bonds. The number of fused-ring (bicyclic) bond motifs is 2. The van der Waals surface area contributed by atoms with Crippen LogP contribution in [0.1, 0.15) is 42.5 Å². The molecule has 208 valence electrons. The molecule has 2 heterocycles. The summed E-state index contributed by atoms with van der Waals surface area (Å²) in [6, 6.07) is 20.3. The molecule has 9 nitrogen and oxygen atoms in total. The van der Waals surface area contributed by atoms with E-state index in [4.69, 9.17) is 4.74 Å². The van der Waals surface area contributed by atoms with Crippen LogP contribution in [0.5, 0.6) is 0 Å². The monoisotopic (exact) mass is 561 g/mol. The number of rotatable bonds is 7. The molecule has 10 heteroatoms. The van der Waals surface area contributed by atoms with Crippen molar-refractivity contribution in [1.82, 2.24) is 4.31 Å². The third-order valence-corrected chi connectivity index (χ3v) is 9.19. The number of ether oxygens (including phenoxy) is 1. The van der Waals surface area contributed by atoms with E-state index in [1.54, 1.807) is 4.90 Å². The number of aryl methyl sites for hydroxylation is 1. The molecule has 3 aromatic rings. The van der Waals surface area contributed by atoms with E-state index in [2.05, 4.69) is 5.32 Å². The minimum absolute atomic E-state index is 0.0540. The van der Waals surface area contributed by atoms with Gasteiger partial charge in [0, 0.05) is 31.4 Å². The fourth-order valence-electron chi connectivity index (χ4n) is 5.41. The van der Waals surface area contributed by atoms with E-state index in [1.807, 2.05) is 48.5 Å². The Morgan fingerprint density at radius 3 is 2.35 bits per heavy atom. The summed E-state index contributed by atoms with van der Waals surface area (Å²) < 4.78 is 34.2. The number of carbonyl (C=O) groups is 3. The van der Waals surface area contributed by atoms with Gasteiger partial charge in [-0.3, -0.25) is 14.4 Å². The van der Waals surface area contributed by atoms with Crippen LogP contribution in [0.4, 0.5) is 11.4 Å². The number of amides is 2. The smallest absolute Gasteiger partial charge is 0.308 e. The number of hydrogen-bond acceptors (Lipinski definition) is 6. The Morgan fingerprint density at radius 2 is 1.60 bits per heavy atom. The molecule has 1 N–H and O–H groups in total. The molecule has 1 atom stereocenters. The molecule has 0 radical (unpaired) electrons. The fraction of sp³-hybridized carbons (Fsp3) is 0.300. The van der Waals surface area contributed by atoms with Crippen molar-refractivity contribution >= 4 is 39.2 Å². The second-order valence-electron chi connectivity index (χ2n) is 9.93. The van der Waals surface area contributed by atoms with Crippen LogP contribution in [0.15, 0.2) is 77.7 Å². The number of nitrogens with zero attached hydrogens (tertiary/aromatic N) is 2. The first kappa shape index (κ1) is 27.5. The van der Waals surface area contributed by atoms with Crippen molar-refractivity contribution in [1.29, 1.82) is 0 Å². The predicted octanol–water partition coefficient (Wildman–Crippen LogP) is 3.85. The number of esters is 1. The molecule has 0 saturated carbocycles. The van der Waals surface area contributed by atoms with E-state index < -0.39 is 28.6 Å². The van der Waals surface area contributed by atoms with Crippen molar-refractivity contribution in [2.75, 3.05) is 29.9 Å². The van der Waals surface area contributed by atoms with Crippen LogP contribution in [0, 0.1) is 0 Å². The van der Waals surface area contributed by atoms with Crippen LogP contribution in [-0.4, -0.2) is 50.2 Å². The summed E-state index contributed by atoms with van der Waals surface area (Å²) in [5, 5.41) is 2.62. The number of para-hydroxylation sites is 1. The number of anilines is 2. The third-order valence-electron chi connectivity index (χ3n) is 7.27. The topological polar surface area (TPSA) is 113 Å². The largest absolute Gasteiger partial charge is 0.455 e. The lowest BCUT2D eigenvalue weighted by Crippen LogP contribution is -2.41. The zero-order chi connectivity index (χ0) is 28.3. The Balaban J connectivity index is 1.33. The molecule has 0 spiro atoms. The Morgan fingerprint density at radius 1 is 0.900 bits per heavy atom. The summed E-state index contributed by atoms with van der Waals surface area (Å²) in [6.45, 7) is 1.70. The molecule has 0 fully saturated rings. The lowest BCUT2D eigenvalue weighted by Gasteiger charge is -2.36. The van der Waals surface area contributed by atoms with Crippen molar-refractivity contribution in [3.63, 3.8) is 0 Å². The molecule has 40 heavy (non-hydrogen) atoms. The molecular formula is C30H31N3O6S. The van der Waals surface area contributed by atoms with E-state index >= 15 is 0 Å². The average molecular weight is 562 g/mol. The summed E-state index contributed by atoms with van der Waals surface area (Å²) in [4.78, 5) is 39.1. The molecular weight excluding hydrogens is 530 g/mol. The van der Waals surface area contributed by atoms with Gasteiger partial charge in [0.2, 0.25) is 15.9 Å². The van der Waals surface area contributed by atoms with Gasteiger partial charge in [-0.15, -0.1) is 0 Å². The van der Waals surface area contributed by atoms with Crippen molar-refractivity contribution in [3.8, 4) is 0 Å². The van der Waals surface area contributed by atoms with E-state index in [0.29, 0.717) is 18.7 Å². The quantitative estimate of drug-likeness (QED) is 0.439. The Kier molecular flexibility index (Phi) is 7.99. The highest BCUT2D eigenvalue weighted by Gasteiger charge is 2.38. The van der Waals surface area contributed by atoms with Gasteiger partial charge in [-0.2, -0.15) is 4.31 Å². The van der Waals surface area contributed by atoms with Gasteiger partial charge in [-0.05, 0) is 66.3 Å². The van der Waals surface area contributed by atoms with E-state index in [1.165, 1.54) is 35.5 Å². The molecule has 2 aliphatic rings. The number of carbonyl (C=O) groups excluding carboxylic acids is 3. The van der Waals surface area contributed by atoms with Gasteiger partial charge in [0.25, 0.3) is 5.91 Å². The van der Waals surface area contributed by atoms with E-state index in [9.17, 15) is 22.8 Å². The van der Waals surface area contributed by atoms with Gasteiger partial charge in [0.1, 0.15) is 0 Å². The number of benzene rings is 3. The highest BCUT2D eigenvalue weighted by Crippen LogP contribution is 2.37. The maximum Gasteiger partial charge on any atom is 0.308 e. The lowest BCUT2D eigenvalue weighted by atomic mass is 9.92. The minimum atomic E-state index is -3.99. The standard InChI is InChI=1S/C30H31N3O6S/c1-21(34)31-24-12-14-25(15-13-24)40(37,38)33-18-16-22-7-2-4-10-26(22)28(33)19-30(36)39-20-29(35)32-17-6-9-23-8-3-5-11-27(23)32/h2-5,7-8,10-15,28H,6,9,16-20H2,1H3,(H,31,34). The molecule has 0 bridgehead atoms. The maximum absolute atomic E-state index is 13.7. The number of hydrogen-bond donors (Lipinski definition) is 1. The van der Waals surface area contributed by atoms with Crippen molar-refractivity contribution in [2.24, 2.45) is 0 Å². The van der Waals surface area contributed by atoms with Crippen molar-refractivity contribution in [3.05, 3.63) is 89.5 Å². The SMILES string of the molecule is CC(=O)Nc1ccc(S(=O)(=O)N2CCc3ccccc3C2CC(=O)OCC(=O)N2CCCc3ccccc32)cc1. The third kappa shape index (κ3) is 5.78. The van der Waals surface area contributed by atoms with Crippen LogP contribution in [0.3, 0.4) is 0 Å². The van der Waals surface area contributed by atoms with Crippen molar-refractivity contribution in [2.45, 2.75) is 43.5 Å². The van der Waals surface area contributed by atoms with Crippen molar-refractivity contribution < 1.29 is 27.5 Å². The molecule has 1 unspecified atom stereocenters. The predicted molar refractivity (Wildman–Crippen MR) is 150 cm³/mol. The first-order valence-electron chi connectivity index (χ1n) is 13.3. The van der Waals surface area contributed by atoms with E-state index in [-0.39, 0.29) is 29.7 Å². The van der Waals surface area contributed by atoms with Gasteiger partial charge in [-0.1, -0.05) is 42.5 Å². The summed E-state index contributed by atoms with van der Waals surface area (Å²) in [7, 11) is -3.99. The number of sulfonamides is 1. The number of nitrogens with one attached hydrogen (secondary N) is 1. The minimum Gasteiger partial charge on any atom is -0.455 e. The second-order valence-corrected chi connectivity index (χ2v) is 11.8. The molecule has 3 aromatic carbocycles.